The van der Waals surface area contributed by atoms with E-state index in [2.05, 4.69) is 67.4 Å². The summed E-state index contributed by atoms with van der Waals surface area (Å²) in [7, 11) is 0. The third-order valence-electron chi connectivity index (χ3n) is 5.05. The van der Waals surface area contributed by atoms with Gasteiger partial charge in [0.15, 0.2) is 11.5 Å². The van der Waals surface area contributed by atoms with Crippen LogP contribution in [0.25, 0.3) is 26.9 Å². The van der Waals surface area contributed by atoms with Crippen LogP contribution in [0.2, 0.25) is 0 Å². The molecule has 0 fully saturated rings. The number of nitrogens with zero attached hydrogens (tertiary/aromatic N) is 6. The summed E-state index contributed by atoms with van der Waals surface area (Å²) in [6.07, 6.45) is 2.19. The fourth-order valence-electron chi connectivity index (χ4n) is 3.67. The maximum absolute atomic E-state index is 4.92. The van der Waals surface area contributed by atoms with Crippen molar-refractivity contribution in [3.8, 4) is 21.3 Å². The molecule has 0 aromatic carbocycles. The van der Waals surface area contributed by atoms with Crippen LogP contribution in [-0.2, 0) is 0 Å². The van der Waals surface area contributed by atoms with Crippen LogP contribution in [0.5, 0.6) is 0 Å². The maximum atomic E-state index is 4.92. The number of H-pyrrole nitrogens is 1. The van der Waals surface area contributed by atoms with Crippen LogP contribution < -0.4 is 0 Å². The number of hydrogen-bond donors (Lipinski definition) is 1. The van der Waals surface area contributed by atoms with Gasteiger partial charge in [-0.2, -0.15) is 5.10 Å². The summed E-state index contributed by atoms with van der Waals surface area (Å²) in [5.74, 6) is 1.17. The fraction of sp³-hybridized carbons (Fsp3) is 0.421. The second-order valence-electron chi connectivity index (χ2n) is 6.91. The third-order valence-corrected chi connectivity index (χ3v) is 6.30. The fourth-order valence-corrected chi connectivity index (χ4v) is 4.86. The number of nitrogens with one attached hydrogen (secondary N) is 1. The zero-order chi connectivity index (χ0) is 19.1. The quantitative estimate of drug-likeness (QED) is 0.551. The molecular weight excluding hydrogens is 358 g/mol. The van der Waals surface area contributed by atoms with Crippen LogP contribution in [0, 0.1) is 20.8 Å². The first-order valence-electron chi connectivity index (χ1n) is 9.25. The number of imidazole rings is 1. The average Bonchev–Trinajstić information content (AvgIpc) is 3.35. The molecule has 0 aliphatic carbocycles. The van der Waals surface area contributed by atoms with E-state index in [1.54, 1.807) is 11.3 Å². The van der Waals surface area contributed by atoms with Gasteiger partial charge >= 0.3 is 0 Å². The van der Waals surface area contributed by atoms with Crippen molar-refractivity contribution in [1.82, 2.24) is 35.2 Å². The van der Waals surface area contributed by atoms with E-state index in [-0.39, 0.29) is 0 Å². The Morgan fingerprint density at radius 1 is 1.15 bits per heavy atom. The Balaban J connectivity index is 1.95. The number of rotatable bonds is 5. The van der Waals surface area contributed by atoms with Gasteiger partial charge in [0.25, 0.3) is 0 Å². The molecule has 7 nitrogen and oxygen atoms in total. The summed E-state index contributed by atoms with van der Waals surface area (Å²) in [6, 6.07) is 4.30. The molecule has 0 bridgehead atoms. The average molecular weight is 382 g/mol. The Bertz CT molecular complexity index is 1090. The number of fused-ring (bicyclic) bond motifs is 1. The molecule has 0 aliphatic rings. The Morgan fingerprint density at radius 3 is 2.59 bits per heavy atom. The first-order chi connectivity index (χ1) is 13.0. The zero-order valence-electron chi connectivity index (χ0n) is 16.2. The van der Waals surface area contributed by atoms with E-state index in [9.17, 15) is 0 Å². The Hall–Kier alpha value is -2.61. The van der Waals surface area contributed by atoms with Crippen molar-refractivity contribution >= 4 is 17.0 Å². The highest BCUT2D eigenvalue weighted by molar-refractivity contribution is 7.19. The standard InChI is InChI=1S/C19H23N7S/c1-6-13(7-2)14-9-11(4)23-26-16(12(5)20-19(14)26)17-10(3)8-15(27-17)18-21-24-25-22-18/h8-9,13H,6-7H2,1-5H3,(H,21,22,24,25). The molecule has 140 valence electrons. The first-order valence-corrected chi connectivity index (χ1v) is 10.1. The molecule has 4 aromatic rings. The summed E-state index contributed by atoms with van der Waals surface area (Å²) in [4.78, 5) is 7.08. The van der Waals surface area contributed by atoms with Crippen molar-refractivity contribution in [1.29, 1.82) is 0 Å². The smallest absolute Gasteiger partial charge is 0.189 e. The number of hydrogen-bond acceptors (Lipinski definition) is 6. The second kappa shape index (κ2) is 6.84. The molecule has 4 heterocycles. The van der Waals surface area contributed by atoms with Gasteiger partial charge in [-0.3, -0.25) is 0 Å². The molecule has 0 amide bonds. The normalized spacial score (nSPS) is 11.8. The molecule has 1 N–H and O–H groups in total. The zero-order valence-corrected chi connectivity index (χ0v) is 17.1. The molecular formula is C19H23N7S. The number of aromatic nitrogens is 7. The number of tetrazole rings is 1. The molecule has 0 aliphatic heterocycles. The lowest BCUT2D eigenvalue weighted by Gasteiger charge is -2.14. The maximum Gasteiger partial charge on any atom is 0.189 e. The molecule has 0 unspecified atom stereocenters. The first kappa shape index (κ1) is 17.8. The van der Waals surface area contributed by atoms with E-state index in [1.807, 2.05) is 4.52 Å². The number of aryl methyl sites for hydroxylation is 3. The minimum absolute atomic E-state index is 0.490. The van der Waals surface area contributed by atoms with Gasteiger partial charge in [0.1, 0.15) is 5.69 Å². The van der Waals surface area contributed by atoms with Crippen molar-refractivity contribution in [2.24, 2.45) is 0 Å². The van der Waals surface area contributed by atoms with Crippen LogP contribution in [0.1, 0.15) is 55.1 Å². The minimum Gasteiger partial charge on any atom is -0.238 e. The number of aromatic amines is 1. The van der Waals surface area contributed by atoms with E-state index in [1.165, 1.54) is 11.1 Å². The summed E-state index contributed by atoms with van der Waals surface area (Å²) >= 11 is 1.66. The molecule has 27 heavy (non-hydrogen) atoms. The van der Waals surface area contributed by atoms with Crippen LogP contribution in [0.4, 0.5) is 0 Å². The van der Waals surface area contributed by atoms with Crippen LogP contribution in [0.3, 0.4) is 0 Å². The molecule has 0 radical (unpaired) electrons. The summed E-state index contributed by atoms with van der Waals surface area (Å²) < 4.78 is 2.03. The highest BCUT2D eigenvalue weighted by Gasteiger charge is 2.22. The molecule has 4 rings (SSSR count). The predicted molar refractivity (Wildman–Crippen MR) is 107 cm³/mol. The van der Waals surface area contributed by atoms with E-state index in [0.717, 1.165) is 45.3 Å². The van der Waals surface area contributed by atoms with Gasteiger partial charge < -0.3 is 0 Å². The monoisotopic (exact) mass is 381 g/mol. The van der Waals surface area contributed by atoms with Crippen molar-refractivity contribution < 1.29 is 0 Å². The van der Waals surface area contributed by atoms with Crippen LogP contribution in [0.15, 0.2) is 12.1 Å². The Kier molecular flexibility index (Phi) is 4.51. The third kappa shape index (κ3) is 2.93. The number of thiophene rings is 1. The summed E-state index contributed by atoms with van der Waals surface area (Å²) in [5.41, 5.74) is 6.49. The van der Waals surface area contributed by atoms with Crippen LogP contribution in [-0.4, -0.2) is 35.2 Å². The topological polar surface area (TPSA) is 84.6 Å². The lowest BCUT2D eigenvalue weighted by Crippen LogP contribution is -2.05. The lowest BCUT2D eigenvalue weighted by atomic mass is 9.95. The van der Waals surface area contributed by atoms with E-state index in [0.29, 0.717) is 11.7 Å². The van der Waals surface area contributed by atoms with Gasteiger partial charge in [-0.15, -0.1) is 16.4 Å². The van der Waals surface area contributed by atoms with Gasteiger partial charge in [-0.1, -0.05) is 13.8 Å². The Morgan fingerprint density at radius 2 is 1.93 bits per heavy atom. The van der Waals surface area contributed by atoms with Gasteiger partial charge in [-0.25, -0.2) is 14.6 Å². The van der Waals surface area contributed by atoms with Gasteiger partial charge in [-0.05, 0) is 67.7 Å². The Labute approximate surface area is 161 Å². The predicted octanol–water partition coefficient (Wildman–Crippen LogP) is 4.47. The SMILES string of the molecule is CCC(CC)c1cc(C)nn2c(-c3sc(-c4nnn[nH]4)cc3C)c(C)nc12. The van der Waals surface area contributed by atoms with Crippen LogP contribution >= 0.6 is 11.3 Å². The lowest BCUT2D eigenvalue weighted by molar-refractivity contribution is 0.638. The summed E-state index contributed by atoms with van der Waals surface area (Å²) in [6.45, 7) is 10.7. The molecule has 0 saturated carbocycles. The van der Waals surface area contributed by atoms with E-state index < -0.39 is 0 Å². The minimum atomic E-state index is 0.490. The molecule has 4 aromatic heterocycles. The molecule has 0 saturated heterocycles. The van der Waals surface area contributed by atoms with Crippen molar-refractivity contribution in [2.45, 2.75) is 53.4 Å². The highest BCUT2D eigenvalue weighted by Crippen LogP contribution is 2.39. The second-order valence-corrected chi connectivity index (χ2v) is 7.96. The molecule has 0 atom stereocenters. The van der Waals surface area contributed by atoms with E-state index >= 15 is 0 Å². The summed E-state index contributed by atoms with van der Waals surface area (Å²) in [5, 5.41) is 19.1. The molecule has 0 spiro atoms. The highest BCUT2D eigenvalue weighted by atomic mass is 32.1. The van der Waals surface area contributed by atoms with Gasteiger partial charge in [0, 0.05) is 5.56 Å². The van der Waals surface area contributed by atoms with Crippen molar-refractivity contribution in [2.75, 3.05) is 0 Å². The van der Waals surface area contributed by atoms with Crippen molar-refractivity contribution in [3.63, 3.8) is 0 Å². The van der Waals surface area contributed by atoms with Gasteiger partial charge in [0.05, 0.1) is 21.1 Å². The van der Waals surface area contributed by atoms with E-state index in [4.69, 9.17) is 10.1 Å². The van der Waals surface area contributed by atoms with Gasteiger partial charge in [0.2, 0.25) is 0 Å². The largest absolute Gasteiger partial charge is 0.238 e. The van der Waals surface area contributed by atoms with Crippen molar-refractivity contribution in [3.05, 3.63) is 34.6 Å². The molecule has 8 heteroatoms.